The molecule has 178 valence electrons. The Morgan fingerprint density at radius 3 is 2.91 bits per heavy atom. The normalized spacial score (nSPS) is 16.8. The van der Waals surface area contributed by atoms with Crippen molar-refractivity contribution in [2.75, 3.05) is 31.0 Å². The molecule has 2 aromatic heterocycles. The van der Waals surface area contributed by atoms with Gasteiger partial charge >= 0.3 is 5.97 Å². The molecule has 0 bridgehead atoms. The fourth-order valence-corrected chi connectivity index (χ4v) is 4.66. The lowest BCUT2D eigenvalue weighted by molar-refractivity contribution is -0.114. The number of hydrogen-bond acceptors (Lipinski definition) is 7. The second kappa shape index (κ2) is 9.34. The number of carbonyl (C=O) groups is 2. The molecule has 3 aromatic rings. The van der Waals surface area contributed by atoms with Crippen molar-refractivity contribution < 1.29 is 23.8 Å². The third-order valence-corrected chi connectivity index (χ3v) is 6.24. The van der Waals surface area contributed by atoms with Gasteiger partial charge in [-0.15, -0.1) is 0 Å². The molecule has 34 heavy (non-hydrogen) atoms. The summed E-state index contributed by atoms with van der Waals surface area (Å²) in [5, 5.41) is 6.89. The molecule has 2 aliphatic heterocycles. The first kappa shape index (κ1) is 22.2. The molecule has 5 rings (SSSR count). The molecule has 1 saturated heterocycles. The monoisotopic (exact) mass is 464 g/mol. The van der Waals surface area contributed by atoms with Gasteiger partial charge in [0, 0.05) is 31.9 Å². The third kappa shape index (κ3) is 4.31. The average Bonchev–Trinajstić information content (AvgIpc) is 3.57. The fraction of sp³-hybridized carbons (Fsp3) is 0.400. The van der Waals surface area contributed by atoms with Gasteiger partial charge in [-0.25, -0.2) is 9.78 Å². The van der Waals surface area contributed by atoms with Gasteiger partial charge in [-0.3, -0.25) is 4.79 Å². The molecular formula is C25H28N4O5. The highest BCUT2D eigenvalue weighted by Gasteiger charge is 2.28. The van der Waals surface area contributed by atoms with E-state index in [0.717, 1.165) is 42.9 Å². The number of nitrogens with one attached hydrogen (secondary N) is 2. The number of amides is 1. The van der Waals surface area contributed by atoms with E-state index in [4.69, 9.17) is 14.2 Å². The van der Waals surface area contributed by atoms with E-state index >= 15 is 0 Å². The summed E-state index contributed by atoms with van der Waals surface area (Å²) in [6.45, 7) is 3.90. The summed E-state index contributed by atoms with van der Waals surface area (Å²) in [6, 6.07) is 8.10. The number of benzene rings is 1. The maximum absolute atomic E-state index is 12.8. The van der Waals surface area contributed by atoms with Crippen molar-refractivity contribution in [1.29, 1.82) is 0 Å². The number of nitrogens with zero attached hydrogens (tertiary/aromatic N) is 2. The smallest absolute Gasteiger partial charge is 0.356 e. The molecule has 4 heterocycles. The first-order chi connectivity index (χ1) is 16.5. The minimum Gasteiger partial charge on any atom is -0.493 e. The number of anilines is 2. The van der Waals surface area contributed by atoms with Crippen molar-refractivity contribution in [3.8, 4) is 5.75 Å². The summed E-state index contributed by atoms with van der Waals surface area (Å²) < 4.78 is 18.2. The summed E-state index contributed by atoms with van der Waals surface area (Å²) in [6.07, 6.45) is 4.52. The maximum atomic E-state index is 12.8. The Labute approximate surface area is 197 Å². The van der Waals surface area contributed by atoms with Crippen LogP contribution in [0.5, 0.6) is 5.75 Å². The Kier molecular flexibility index (Phi) is 6.10. The Balaban J connectivity index is 1.50. The van der Waals surface area contributed by atoms with Crippen LogP contribution in [0, 0.1) is 0 Å². The number of ether oxygens (including phenoxy) is 3. The van der Waals surface area contributed by atoms with Crippen LogP contribution in [-0.2, 0) is 33.8 Å². The van der Waals surface area contributed by atoms with E-state index in [-0.39, 0.29) is 17.7 Å². The number of esters is 1. The van der Waals surface area contributed by atoms with Crippen molar-refractivity contribution in [3.63, 3.8) is 0 Å². The maximum Gasteiger partial charge on any atom is 0.356 e. The van der Waals surface area contributed by atoms with Crippen LogP contribution in [0.15, 0.2) is 30.5 Å². The van der Waals surface area contributed by atoms with Crippen LogP contribution in [-0.4, -0.2) is 47.9 Å². The molecule has 9 heteroatoms. The average molecular weight is 465 g/mol. The zero-order chi connectivity index (χ0) is 23.7. The summed E-state index contributed by atoms with van der Waals surface area (Å²) >= 11 is 0. The molecule has 1 amide bonds. The highest BCUT2D eigenvalue weighted by molar-refractivity contribution is 6.11. The van der Waals surface area contributed by atoms with E-state index in [1.165, 1.54) is 19.6 Å². The van der Waals surface area contributed by atoms with Crippen LogP contribution < -0.4 is 15.4 Å². The quantitative estimate of drug-likeness (QED) is 0.516. The van der Waals surface area contributed by atoms with Crippen molar-refractivity contribution in [1.82, 2.24) is 9.55 Å². The van der Waals surface area contributed by atoms with Gasteiger partial charge in [-0.2, -0.15) is 0 Å². The molecule has 2 aliphatic rings. The van der Waals surface area contributed by atoms with Crippen molar-refractivity contribution >= 4 is 34.3 Å². The lowest BCUT2D eigenvalue weighted by Gasteiger charge is -2.14. The van der Waals surface area contributed by atoms with Crippen LogP contribution in [0.2, 0.25) is 0 Å². The molecule has 2 N–H and O–H groups in total. The van der Waals surface area contributed by atoms with Gasteiger partial charge in [0.15, 0.2) is 5.69 Å². The Hall–Kier alpha value is -3.59. The highest BCUT2D eigenvalue weighted by atomic mass is 16.5. The van der Waals surface area contributed by atoms with Gasteiger partial charge in [-0.05, 0) is 36.1 Å². The number of aromatic nitrogens is 2. The highest BCUT2D eigenvalue weighted by Crippen LogP contribution is 2.34. The molecule has 0 radical (unpaired) electrons. The lowest BCUT2D eigenvalue weighted by Crippen LogP contribution is -2.21. The van der Waals surface area contributed by atoms with E-state index in [9.17, 15) is 9.59 Å². The van der Waals surface area contributed by atoms with Gasteiger partial charge in [-0.1, -0.05) is 12.1 Å². The number of fused-ring (bicyclic) bond motifs is 2. The number of methoxy groups -OCH3 is 1. The topological polar surface area (TPSA) is 104 Å². The fourth-order valence-electron chi connectivity index (χ4n) is 4.66. The van der Waals surface area contributed by atoms with Crippen LogP contribution in [0.25, 0.3) is 11.0 Å². The van der Waals surface area contributed by atoms with Gasteiger partial charge in [0.2, 0.25) is 5.91 Å². The van der Waals surface area contributed by atoms with E-state index in [2.05, 4.69) is 21.7 Å². The van der Waals surface area contributed by atoms with Crippen LogP contribution >= 0.6 is 0 Å². The predicted molar refractivity (Wildman–Crippen MR) is 127 cm³/mol. The largest absolute Gasteiger partial charge is 0.493 e. The first-order valence-electron chi connectivity index (χ1n) is 11.5. The Bertz CT molecular complexity index is 1250. The number of pyridine rings is 1. The minimum absolute atomic E-state index is 0.0208. The number of carbonyl (C=O) groups excluding carboxylic acids is 2. The van der Waals surface area contributed by atoms with Crippen LogP contribution in [0.1, 0.15) is 41.4 Å². The standard InChI is InChI=1S/C25H28N4O5/c1-15(30)28-22-20-11-18(26-12-16-5-6-21-17(10-16)7-9-34-21)13-27-24(20)29(23(22)25(31)32-2)14-19-4-3-8-33-19/h5-6,10-11,13,19,26H,3-4,7-9,12,14H2,1-2H3,(H,28,30). The Morgan fingerprint density at radius 1 is 1.26 bits per heavy atom. The van der Waals surface area contributed by atoms with Crippen molar-refractivity contribution in [2.45, 2.75) is 45.4 Å². The lowest BCUT2D eigenvalue weighted by atomic mass is 10.1. The zero-order valence-electron chi connectivity index (χ0n) is 19.3. The van der Waals surface area contributed by atoms with Gasteiger partial charge in [0.05, 0.1) is 43.9 Å². The Morgan fingerprint density at radius 2 is 2.15 bits per heavy atom. The third-order valence-electron chi connectivity index (χ3n) is 6.24. The molecular weight excluding hydrogens is 436 g/mol. The van der Waals surface area contributed by atoms with E-state index in [1.807, 2.05) is 18.2 Å². The molecule has 1 unspecified atom stereocenters. The molecule has 1 fully saturated rings. The zero-order valence-corrected chi connectivity index (χ0v) is 19.3. The molecule has 1 atom stereocenters. The molecule has 0 spiro atoms. The van der Waals surface area contributed by atoms with Crippen LogP contribution in [0.3, 0.4) is 0 Å². The molecule has 0 aliphatic carbocycles. The molecule has 1 aromatic carbocycles. The SMILES string of the molecule is COC(=O)c1c(NC(C)=O)c2cc(NCc3ccc4c(c3)CCO4)cnc2n1CC1CCCO1. The second-order valence-corrected chi connectivity index (χ2v) is 8.63. The van der Waals surface area contributed by atoms with Gasteiger partial charge < -0.3 is 29.4 Å². The van der Waals surface area contributed by atoms with E-state index in [1.54, 1.807) is 10.8 Å². The summed E-state index contributed by atoms with van der Waals surface area (Å²) in [5.41, 5.74) is 4.40. The molecule has 0 saturated carbocycles. The van der Waals surface area contributed by atoms with Crippen molar-refractivity contribution in [2.24, 2.45) is 0 Å². The summed E-state index contributed by atoms with van der Waals surface area (Å²) in [4.78, 5) is 29.5. The second-order valence-electron chi connectivity index (χ2n) is 8.63. The minimum atomic E-state index is -0.533. The summed E-state index contributed by atoms with van der Waals surface area (Å²) in [5.74, 6) is 0.143. The van der Waals surface area contributed by atoms with E-state index < -0.39 is 5.97 Å². The van der Waals surface area contributed by atoms with Gasteiger partial charge in [0.25, 0.3) is 0 Å². The molecule has 9 nitrogen and oxygen atoms in total. The van der Waals surface area contributed by atoms with E-state index in [0.29, 0.717) is 36.4 Å². The summed E-state index contributed by atoms with van der Waals surface area (Å²) in [7, 11) is 1.33. The predicted octanol–water partition coefficient (Wildman–Crippen LogP) is 3.51. The van der Waals surface area contributed by atoms with Gasteiger partial charge in [0.1, 0.15) is 11.4 Å². The van der Waals surface area contributed by atoms with Crippen molar-refractivity contribution in [3.05, 3.63) is 47.3 Å². The number of hydrogen-bond donors (Lipinski definition) is 2. The number of rotatable bonds is 7. The first-order valence-corrected chi connectivity index (χ1v) is 11.5. The van der Waals surface area contributed by atoms with Crippen LogP contribution in [0.4, 0.5) is 11.4 Å².